The summed E-state index contributed by atoms with van der Waals surface area (Å²) < 4.78 is 16.5. The number of anilines is 2. The fraction of sp³-hybridized carbons (Fsp3) is 0.158. The smallest absolute Gasteiger partial charge is 0.163 e. The lowest BCUT2D eigenvalue weighted by Gasteiger charge is -2.19. The quantitative estimate of drug-likeness (QED) is 0.588. The summed E-state index contributed by atoms with van der Waals surface area (Å²) in [5.74, 6) is 2.94. The third-order valence-electron chi connectivity index (χ3n) is 4.40. The largest absolute Gasteiger partial charge is 0.497 e. The molecule has 2 N–H and O–H groups in total. The Morgan fingerprint density at radius 3 is 2.81 bits per heavy atom. The van der Waals surface area contributed by atoms with Crippen molar-refractivity contribution in [2.75, 3.05) is 25.6 Å². The fourth-order valence-corrected chi connectivity index (χ4v) is 3.15. The van der Waals surface area contributed by atoms with Gasteiger partial charge in [0.2, 0.25) is 0 Å². The number of aromatic amines is 1. The number of benzene rings is 2. The van der Waals surface area contributed by atoms with Crippen LogP contribution in [-0.4, -0.2) is 35.5 Å². The Kier molecular flexibility index (Phi) is 3.31. The van der Waals surface area contributed by atoms with Gasteiger partial charge < -0.3 is 19.5 Å². The van der Waals surface area contributed by atoms with Crippen molar-refractivity contribution >= 4 is 33.3 Å². The number of ether oxygens (including phenoxy) is 3. The Hall–Kier alpha value is -3.48. The number of methoxy groups -OCH3 is 1. The van der Waals surface area contributed by atoms with Crippen molar-refractivity contribution in [3.05, 3.63) is 42.6 Å². The molecule has 5 rings (SSSR count). The maximum Gasteiger partial charge on any atom is 0.163 e. The van der Waals surface area contributed by atoms with Gasteiger partial charge in [0.05, 0.1) is 12.6 Å². The van der Waals surface area contributed by atoms with E-state index in [2.05, 4.69) is 15.5 Å². The van der Waals surface area contributed by atoms with E-state index in [4.69, 9.17) is 19.2 Å². The summed E-state index contributed by atoms with van der Waals surface area (Å²) in [6.07, 6.45) is 1.87. The SMILES string of the molecule is COc1ccc2nc(Nc3ccc4c(c3)OCCO4)c3n[nH]cc3c2c1. The summed E-state index contributed by atoms with van der Waals surface area (Å²) in [5.41, 5.74) is 2.49. The number of rotatable bonds is 3. The Morgan fingerprint density at radius 2 is 1.92 bits per heavy atom. The maximum atomic E-state index is 5.65. The lowest BCUT2D eigenvalue weighted by molar-refractivity contribution is 0.171. The molecule has 0 amide bonds. The van der Waals surface area contributed by atoms with Gasteiger partial charge in [0.1, 0.15) is 24.5 Å². The number of hydrogen-bond donors (Lipinski definition) is 2. The Bertz CT molecular complexity index is 1120. The van der Waals surface area contributed by atoms with Gasteiger partial charge in [-0.3, -0.25) is 5.10 Å². The average molecular weight is 348 g/mol. The summed E-state index contributed by atoms with van der Waals surface area (Å²) >= 11 is 0. The minimum absolute atomic E-state index is 0.552. The van der Waals surface area contributed by atoms with E-state index in [1.807, 2.05) is 42.6 Å². The van der Waals surface area contributed by atoms with Gasteiger partial charge in [-0.2, -0.15) is 5.10 Å². The van der Waals surface area contributed by atoms with Crippen molar-refractivity contribution in [3.8, 4) is 17.2 Å². The molecule has 7 nitrogen and oxygen atoms in total. The van der Waals surface area contributed by atoms with E-state index in [1.54, 1.807) is 7.11 Å². The van der Waals surface area contributed by atoms with Crippen LogP contribution in [0.15, 0.2) is 42.6 Å². The second kappa shape index (κ2) is 5.80. The molecular weight excluding hydrogens is 332 g/mol. The zero-order valence-corrected chi connectivity index (χ0v) is 14.1. The van der Waals surface area contributed by atoms with E-state index in [0.29, 0.717) is 19.0 Å². The van der Waals surface area contributed by atoms with Crippen LogP contribution < -0.4 is 19.5 Å². The summed E-state index contributed by atoms with van der Waals surface area (Å²) in [7, 11) is 1.65. The highest BCUT2D eigenvalue weighted by Gasteiger charge is 2.15. The molecule has 3 heterocycles. The Labute approximate surface area is 148 Å². The fourth-order valence-electron chi connectivity index (χ4n) is 3.15. The van der Waals surface area contributed by atoms with Gasteiger partial charge >= 0.3 is 0 Å². The number of hydrogen-bond acceptors (Lipinski definition) is 6. The van der Waals surface area contributed by atoms with Crippen molar-refractivity contribution in [2.45, 2.75) is 0 Å². The predicted molar refractivity (Wildman–Crippen MR) is 98.7 cm³/mol. The van der Waals surface area contributed by atoms with Crippen molar-refractivity contribution < 1.29 is 14.2 Å². The first-order chi connectivity index (χ1) is 12.8. The molecule has 7 heteroatoms. The van der Waals surface area contributed by atoms with E-state index in [0.717, 1.165) is 44.7 Å². The van der Waals surface area contributed by atoms with Crippen LogP contribution in [0, 0.1) is 0 Å². The molecule has 2 aromatic carbocycles. The molecule has 4 aromatic rings. The Balaban J connectivity index is 1.61. The lowest BCUT2D eigenvalue weighted by Crippen LogP contribution is -2.15. The normalized spacial score (nSPS) is 13.1. The van der Waals surface area contributed by atoms with Gasteiger partial charge in [-0.15, -0.1) is 0 Å². The van der Waals surface area contributed by atoms with Crippen LogP contribution in [0.3, 0.4) is 0 Å². The maximum absolute atomic E-state index is 5.65. The van der Waals surface area contributed by atoms with E-state index in [9.17, 15) is 0 Å². The molecule has 0 spiro atoms. The minimum Gasteiger partial charge on any atom is -0.497 e. The monoisotopic (exact) mass is 348 g/mol. The molecule has 0 fully saturated rings. The molecule has 0 radical (unpaired) electrons. The summed E-state index contributed by atoms with van der Waals surface area (Å²) in [6.45, 7) is 1.12. The molecule has 0 unspecified atom stereocenters. The van der Waals surface area contributed by atoms with Crippen LogP contribution in [0.1, 0.15) is 0 Å². The van der Waals surface area contributed by atoms with Crippen LogP contribution in [0.2, 0.25) is 0 Å². The topological polar surface area (TPSA) is 81.3 Å². The van der Waals surface area contributed by atoms with Gasteiger partial charge in [-0.05, 0) is 30.3 Å². The zero-order valence-electron chi connectivity index (χ0n) is 14.1. The zero-order chi connectivity index (χ0) is 17.5. The van der Waals surface area contributed by atoms with Gasteiger partial charge in [-0.1, -0.05) is 0 Å². The number of pyridine rings is 1. The summed E-state index contributed by atoms with van der Waals surface area (Å²) in [4.78, 5) is 4.74. The van der Waals surface area contributed by atoms with Gasteiger partial charge in [0.25, 0.3) is 0 Å². The second-order valence-corrected chi connectivity index (χ2v) is 5.97. The number of nitrogens with one attached hydrogen (secondary N) is 2. The summed E-state index contributed by atoms with van der Waals surface area (Å²) in [5, 5.41) is 12.6. The first-order valence-electron chi connectivity index (χ1n) is 8.30. The number of nitrogens with zero attached hydrogens (tertiary/aromatic N) is 2. The Morgan fingerprint density at radius 1 is 1.04 bits per heavy atom. The third-order valence-corrected chi connectivity index (χ3v) is 4.40. The van der Waals surface area contributed by atoms with Gasteiger partial charge in [-0.25, -0.2) is 4.98 Å². The van der Waals surface area contributed by atoms with Crippen LogP contribution in [0.5, 0.6) is 17.2 Å². The van der Waals surface area contributed by atoms with Crippen LogP contribution >= 0.6 is 0 Å². The van der Waals surface area contributed by atoms with E-state index < -0.39 is 0 Å². The summed E-state index contributed by atoms with van der Waals surface area (Å²) in [6, 6.07) is 11.5. The van der Waals surface area contributed by atoms with Gasteiger partial charge in [0.15, 0.2) is 17.3 Å². The molecule has 0 atom stereocenters. The third kappa shape index (κ3) is 2.36. The molecule has 0 saturated heterocycles. The predicted octanol–water partition coefficient (Wildman–Crippen LogP) is 3.63. The molecule has 0 aliphatic carbocycles. The number of fused-ring (bicyclic) bond motifs is 4. The average Bonchev–Trinajstić information content (AvgIpc) is 3.18. The molecule has 2 aromatic heterocycles. The number of aromatic nitrogens is 3. The van der Waals surface area contributed by atoms with Crippen molar-refractivity contribution in [1.82, 2.24) is 15.2 Å². The first-order valence-corrected chi connectivity index (χ1v) is 8.30. The van der Waals surface area contributed by atoms with Crippen molar-refractivity contribution in [1.29, 1.82) is 0 Å². The second-order valence-electron chi connectivity index (χ2n) is 5.97. The highest BCUT2D eigenvalue weighted by atomic mass is 16.6. The molecule has 1 aliphatic rings. The van der Waals surface area contributed by atoms with Crippen molar-refractivity contribution in [3.63, 3.8) is 0 Å². The molecular formula is C19H16N4O3. The number of H-pyrrole nitrogens is 1. The van der Waals surface area contributed by atoms with E-state index >= 15 is 0 Å². The molecule has 130 valence electrons. The van der Waals surface area contributed by atoms with E-state index in [-0.39, 0.29) is 0 Å². The lowest BCUT2D eigenvalue weighted by atomic mass is 10.1. The first kappa shape index (κ1) is 14.8. The van der Waals surface area contributed by atoms with E-state index in [1.165, 1.54) is 0 Å². The van der Waals surface area contributed by atoms with Crippen LogP contribution in [0.25, 0.3) is 21.8 Å². The van der Waals surface area contributed by atoms with Crippen LogP contribution in [-0.2, 0) is 0 Å². The van der Waals surface area contributed by atoms with Gasteiger partial charge in [0, 0.05) is 28.7 Å². The van der Waals surface area contributed by atoms with Crippen molar-refractivity contribution in [2.24, 2.45) is 0 Å². The molecule has 0 bridgehead atoms. The molecule has 0 saturated carbocycles. The molecule has 26 heavy (non-hydrogen) atoms. The highest BCUT2D eigenvalue weighted by molar-refractivity contribution is 6.09. The minimum atomic E-state index is 0.552. The molecule has 1 aliphatic heterocycles. The standard InChI is InChI=1S/C19H16N4O3/c1-24-12-3-4-15-13(9-12)14-10-20-23-18(14)19(22-15)21-11-2-5-16-17(8-11)26-7-6-25-16/h2-5,8-10H,6-7H2,1H3,(H,20,23)(H,21,22). The van der Waals surface area contributed by atoms with Crippen LogP contribution in [0.4, 0.5) is 11.5 Å². The highest BCUT2D eigenvalue weighted by Crippen LogP contribution is 2.35.